The molecule has 0 aliphatic carbocycles. The van der Waals surface area contributed by atoms with Crippen molar-refractivity contribution in [1.29, 1.82) is 0 Å². The molecule has 118 valence electrons. The van der Waals surface area contributed by atoms with Crippen molar-refractivity contribution in [2.75, 3.05) is 13.2 Å². The Morgan fingerprint density at radius 3 is 3.05 bits per heavy atom. The van der Waals surface area contributed by atoms with E-state index < -0.39 is 0 Å². The van der Waals surface area contributed by atoms with Gasteiger partial charge in [-0.05, 0) is 39.7 Å². The molecule has 22 heavy (non-hydrogen) atoms. The first-order chi connectivity index (χ1) is 10.6. The Hall–Kier alpha value is -1.95. The summed E-state index contributed by atoms with van der Waals surface area (Å²) in [5.41, 5.74) is 1.95. The number of rotatable bonds is 4. The zero-order chi connectivity index (χ0) is 15.7. The highest BCUT2D eigenvalue weighted by Crippen LogP contribution is 2.20. The van der Waals surface area contributed by atoms with Crippen LogP contribution in [0.25, 0.3) is 11.0 Å². The molecule has 2 aromatic heterocycles. The van der Waals surface area contributed by atoms with Crippen LogP contribution in [0.5, 0.6) is 0 Å². The molecule has 6 nitrogen and oxygen atoms in total. The zero-order valence-electron chi connectivity index (χ0n) is 13.2. The van der Waals surface area contributed by atoms with Gasteiger partial charge in [0.05, 0.1) is 23.6 Å². The molecule has 3 rings (SSSR count). The molecular formula is C16H21N3O3. The van der Waals surface area contributed by atoms with E-state index in [2.05, 4.69) is 10.1 Å². The molecule has 0 saturated carbocycles. The van der Waals surface area contributed by atoms with Gasteiger partial charge in [0.1, 0.15) is 6.61 Å². The van der Waals surface area contributed by atoms with Gasteiger partial charge in [-0.15, -0.1) is 0 Å². The number of aromatic nitrogens is 3. The summed E-state index contributed by atoms with van der Waals surface area (Å²) in [6.07, 6.45) is 3.75. The number of hydrogen-bond acceptors (Lipinski definition) is 5. The molecule has 0 N–H and O–H groups in total. The SMILES string of the molecule is Cc1nc2c(cnn2C(C)C)cc1C(=O)OC[C@@H]1CCCO1. The van der Waals surface area contributed by atoms with Crippen molar-refractivity contribution < 1.29 is 14.3 Å². The molecule has 2 aromatic rings. The average molecular weight is 303 g/mol. The van der Waals surface area contributed by atoms with E-state index in [1.807, 2.05) is 25.5 Å². The number of esters is 1. The van der Waals surface area contributed by atoms with E-state index in [0.29, 0.717) is 17.9 Å². The predicted molar refractivity (Wildman–Crippen MR) is 81.9 cm³/mol. The van der Waals surface area contributed by atoms with Crippen molar-refractivity contribution in [2.24, 2.45) is 0 Å². The third kappa shape index (κ3) is 2.83. The summed E-state index contributed by atoms with van der Waals surface area (Å²) in [7, 11) is 0. The van der Waals surface area contributed by atoms with Crippen LogP contribution < -0.4 is 0 Å². The predicted octanol–water partition coefficient (Wildman–Crippen LogP) is 2.66. The Morgan fingerprint density at radius 2 is 2.36 bits per heavy atom. The molecule has 1 fully saturated rings. The van der Waals surface area contributed by atoms with Crippen LogP contribution >= 0.6 is 0 Å². The molecule has 0 unspecified atom stereocenters. The Kier molecular flexibility index (Phi) is 4.11. The average Bonchev–Trinajstić information content (AvgIpc) is 3.12. The lowest BCUT2D eigenvalue weighted by Gasteiger charge is -2.12. The largest absolute Gasteiger partial charge is 0.459 e. The summed E-state index contributed by atoms with van der Waals surface area (Å²) >= 11 is 0. The number of aryl methyl sites for hydroxylation is 1. The summed E-state index contributed by atoms with van der Waals surface area (Å²) < 4.78 is 12.7. The van der Waals surface area contributed by atoms with Gasteiger partial charge >= 0.3 is 5.97 Å². The number of hydrogen-bond donors (Lipinski definition) is 0. The van der Waals surface area contributed by atoms with Gasteiger partial charge in [0.15, 0.2) is 5.65 Å². The molecule has 1 aliphatic rings. The van der Waals surface area contributed by atoms with Crippen LogP contribution in [-0.2, 0) is 9.47 Å². The second kappa shape index (κ2) is 6.04. The van der Waals surface area contributed by atoms with Crippen LogP contribution in [0.1, 0.15) is 48.8 Å². The van der Waals surface area contributed by atoms with Crippen molar-refractivity contribution in [1.82, 2.24) is 14.8 Å². The molecule has 0 radical (unpaired) electrons. The van der Waals surface area contributed by atoms with Crippen LogP contribution in [0.2, 0.25) is 0 Å². The van der Waals surface area contributed by atoms with Crippen LogP contribution in [0.3, 0.4) is 0 Å². The zero-order valence-corrected chi connectivity index (χ0v) is 13.2. The minimum atomic E-state index is -0.348. The normalized spacial score (nSPS) is 18.3. The van der Waals surface area contributed by atoms with Gasteiger partial charge in [-0.1, -0.05) is 0 Å². The quantitative estimate of drug-likeness (QED) is 0.812. The summed E-state index contributed by atoms with van der Waals surface area (Å²) in [5.74, 6) is -0.348. The molecule has 1 atom stereocenters. The fourth-order valence-corrected chi connectivity index (χ4v) is 2.67. The molecule has 1 saturated heterocycles. The number of carbonyl (C=O) groups excluding carboxylic acids is 1. The van der Waals surface area contributed by atoms with E-state index in [-0.39, 0.29) is 18.1 Å². The Morgan fingerprint density at radius 1 is 1.55 bits per heavy atom. The maximum atomic E-state index is 12.3. The highest BCUT2D eigenvalue weighted by atomic mass is 16.6. The van der Waals surface area contributed by atoms with Crippen LogP contribution in [-0.4, -0.2) is 40.1 Å². The van der Waals surface area contributed by atoms with Gasteiger partial charge in [-0.3, -0.25) is 0 Å². The van der Waals surface area contributed by atoms with Gasteiger partial charge in [0.25, 0.3) is 0 Å². The topological polar surface area (TPSA) is 66.2 Å². The standard InChI is InChI=1S/C16H21N3O3/c1-10(2)19-15-12(8-17-19)7-14(11(3)18-15)16(20)22-9-13-5-4-6-21-13/h7-8,10,13H,4-6,9H2,1-3H3/t13-/m0/s1. The van der Waals surface area contributed by atoms with Gasteiger partial charge in [0.2, 0.25) is 0 Å². The number of pyridine rings is 1. The summed E-state index contributed by atoms with van der Waals surface area (Å²) in [6, 6.07) is 2.03. The number of nitrogens with zero attached hydrogens (tertiary/aromatic N) is 3. The molecule has 1 aliphatic heterocycles. The van der Waals surface area contributed by atoms with E-state index in [0.717, 1.165) is 30.5 Å². The first-order valence-corrected chi connectivity index (χ1v) is 7.70. The fraction of sp³-hybridized carbons (Fsp3) is 0.562. The van der Waals surface area contributed by atoms with Crippen molar-refractivity contribution >= 4 is 17.0 Å². The molecular weight excluding hydrogens is 282 g/mol. The number of ether oxygens (including phenoxy) is 2. The Bertz CT molecular complexity index is 687. The van der Waals surface area contributed by atoms with E-state index in [1.54, 1.807) is 12.3 Å². The van der Waals surface area contributed by atoms with Crippen LogP contribution in [0.4, 0.5) is 0 Å². The van der Waals surface area contributed by atoms with Crippen molar-refractivity contribution in [3.8, 4) is 0 Å². The summed E-state index contributed by atoms with van der Waals surface area (Å²) in [6.45, 7) is 6.98. The van der Waals surface area contributed by atoms with E-state index in [4.69, 9.17) is 9.47 Å². The van der Waals surface area contributed by atoms with Crippen molar-refractivity contribution in [3.63, 3.8) is 0 Å². The second-order valence-electron chi connectivity index (χ2n) is 5.95. The molecule has 6 heteroatoms. The maximum absolute atomic E-state index is 12.3. The molecule has 0 amide bonds. The van der Waals surface area contributed by atoms with Crippen LogP contribution in [0.15, 0.2) is 12.3 Å². The van der Waals surface area contributed by atoms with Gasteiger partial charge in [-0.2, -0.15) is 5.10 Å². The Balaban J connectivity index is 1.80. The lowest BCUT2D eigenvalue weighted by atomic mass is 10.1. The van der Waals surface area contributed by atoms with E-state index >= 15 is 0 Å². The molecule has 0 bridgehead atoms. The minimum Gasteiger partial charge on any atom is -0.459 e. The van der Waals surface area contributed by atoms with Crippen molar-refractivity contribution in [2.45, 2.75) is 45.8 Å². The first kappa shape index (κ1) is 15.0. The third-order valence-electron chi connectivity index (χ3n) is 3.89. The molecule has 3 heterocycles. The highest BCUT2D eigenvalue weighted by Gasteiger charge is 2.20. The highest BCUT2D eigenvalue weighted by molar-refractivity contribution is 5.94. The minimum absolute atomic E-state index is 0.0321. The first-order valence-electron chi connectivity index (χ1n) is 7.70. The van der Waals surface area contributed by atoms with Crippen LogP contribution in [0, 0.1) is 6.92 Å². The lowest BCUT2D eigenvalue weighted by Crippen LogP contribution is -2.18. The van der Waals surface area contributed by atoms with Gasteiger partial charge < -0.3 is 9.47 Å². The monoisotopic (exact) mass is 303 g/mol. The van der Waals surface area contributed by atoms with Gasteiger partial charge in [-0.25, -0.2) is 14.5 Å². The molecule has 0 aromatic carbocycles. The van der Waals surface area contributed by atoms with Gasteiger partial charge in [0, 0.05) is 18.0 Å². The summed E-state index contributed by atoms with van der Waals surface area (Å²) in [5, 5.41) is 5.18. The molecule has 0 spiro atoms. The summed E-state index contributed by atoms with van der Waals surface area (Å²) in [4.78, 5) is 16.8. The Labute approximate surface area is 129 Å². The number of carbonyl (C=O) groups is 1. The second-order valence-corrected chi connectivity index (χ2v) is 5.95. The third-order valence-corrected chi connectivity index (χ3v) is 3.89. The number of fused-ring (bicyclic) bond motifs is 1. The van der Waals surface area contributed by atoms with Crippen molar-refractivity contribution in [3.05, 3.63) is 23.5 Å². The van der Waals surface area contributed by atoms with E-state index in [9.17, 15) is 4.79 Å². The smallest absolute Gasteiger partial charge is 0.340 e. The maximum Gasteiger partial charge on any atom is 0.340 e. The fourth-order valence-electron chi connectivity index (χ4n) is 2.67. The van der Waals surface area contributed by atoms with E-state index in [1.165, 1.54) is 0 Å². The lowest BCUT2D eigenvalue weighted by molar-refractivity contribution is 0.0160.